The van der Waals surface area contributed by atoms with Crippen LogP contribution >= 0.6 is 0 Å². The topological polar surface area (TPSA) is 84.3 Å². The molecule has 1 aliphatic heterocycles. The SMILES string of the molecule is CCc1cnc(OC2CNC(C(=O)O)C2)nc1. The number of ether oxygens (including phenoxy) is 1. The highest BCUT2D eigenvalue weighted by Gasteiger charge is 2.30. The van der Waals surface area contributed by atoms with Gasteiger partial charge in [-0.2, -0.15) is 0 Å². The predicted molar refractivity (Wildman–Crippen MR) is 59.9 cm³/mol. The number of aliphatic carboxylic acids is 1. The van der Waals surface area contributed by atoms with Crippen LogP contribution < -0.4 is 10.1 Å². The first-order chi connectivity index (χ1) is 8.19. The lowest BCUT2D eigenvalue weighted by Crippen LogP contribution is -2.30. The zero-order chi connectivity index (χ0) is 12.3. The summed E-state index contributed by atoms with van der Waals surface area (Å²) in [6.45, 7) is 2.54. The van der Waals surface area contributed by atoms with E-state index in [-0.39, 0.29) is 6.10 Å². The number of rotatable bonds is 4. The molecule has 0 saturated carbocycles. The fraction of sp³-hybridized carbons (Fsp3) is 0.545. The van der Waals surface area contributed by atoms with Crippen molar-refractivity contribution in [2.45, 2.75) is 31.9 Å². The van der Waals surface area contributed by atoms with E-state index in [1.807, 2.05) is 6.92 Å². The van der Waals surface area contributed by atoms with Crippen LogP contribution in [0.3, 0.4) is 0 Å². The van der Waals surface area contributed by atoms with E-state index < -0.39 is 12.0 Å². The molecule has 0 amide bonds. The minimum atomic E-state index is -0.849. The first-order valence-corrected chi connectivity index (χ1v) is 5.62. The van der Waals surface area contributed by atoms with Gasteiger partial charge in [0.05, 0.1) is 0 Å². The van der Waals surface area contributed by atoms with Crippen molar-refractivity contribution in [2.75, 3.05) is 6.54 Å². The summed E-state index contributed by atoms with van der Waals surface area (Å²) in [7, 11) is 0. The average Bonchev–Trinajstić information content (AvgIpc) is 2.79. The molecule has 0 radical (unpaired) electrons. The van der Waals surface area contributed by atoms with E-state index in [0.717, 1.165) is 12.0 Å². The molecule has 2 heterocycles. The average molecular weight is 237 g/mol. The number of aromatic nitrogens is 2. The van der Waals surface area contributed by atoms with E-state index in [0.29, 0.717) is 19.0 Å². The van der Waals surface area contributed by atoms with Gasteiger partial charge < -0.3 is 15.2 Å². The van der Waals surface area contributed by atoms with E-state index in [4.69, 9.17) is 9.84 Å². The summed E-state index contributed by atoms with van der Waals surface area (Å²) in [5.74, 6) is -0.849. The fourth-order valence-electron chi connectivity index (χ4n) is 1.72. The van der Waals surface area contributed by atoms with Gasteiger partial charge in [0.1, 0.15) is 12.1 Å². The first kappa shape index (κ1) is 11.8. The van der Waals surface area contributed by atoms with Gasteiger partial charge in [-0.15, -0.1) is 0 Å². The smallest absolute Gasteiger partial charge is 0.320 e. The standard InChI is InChI=1S/C11H15N3O3/c1-2-7-4-13-11(14-5-7)17-8-3-9(10(15)16)12-6-8/h4-5,8-9,12H,2-3,6H2,1H3,(H,15,16). The van der Waals surface area contributed by atoms with Gasteiger partial charge in [0.25, 0.3) is 0 Å². The molecule has 6 heteroatoms. The number of nitrogens with zero attached hydrogens (tertiary/aromatic N) is 2. The summed E-state index contributed by atoms with van der Waals surface area (Å²) in [5.41, 5.74) is 1.05. The molecule has 0 aromatic carbocycles. The molecule has 0 bridgehead atoms. The second kappa shape index (κ2) is 5.09. The molecule has 1 aromatic heterocycles. The Morgan fingerprint density at radius 2 is 2.29 bits per heavy atom. The Morgan fingerprint density at radius 3 is 2.82 bits per heavy atom. The summed E-state index contributed by atoms with van der Waals surface area (Å²) < 4.78 is 5.51. The molecular weight excluding hydrogens is 222 g/mol. The van der Waals surface area contributed by atoms with Crippen molar-refractivity contribution in [2.24, 2.45) is 0 Å². The zero-order valence-corrected chi connectivity index (χ0v) is 9.59. The van der Waals surface area contributed by atoms with E-state index >= 15 is 0 Å². The Bertz CT molecular complexity index is 393. The number of carboxylic acids is 1. The first-order valence-electron chi connectivity index (χ1n) is 5.62. The molecule has 0 spiro atoms. The Hall–Kier alpha value is -1.69. The molecular formula is C11H15N3O3. The van der Waals surface area contributed by atoms with Crippen molar-refractivity contribution >= 4 is 5.97 Å². The van der Waals surface area contributed by atoms with Crippen LogP contribution in [0, 0.1) is 0 Å². The highest BCUT2D eigenvalue weighted by molar-refractivity contribution is 5.73. The summed E-state index contributed by atoms with van der Waals surface area (Å²) in [6, 6.07) is -0.227. The van der Waals surface area contributed by atoms with E-state index in [1.54, 1.807) is 12.4 Å². The van der Waals surface area contributed by atoms with Gasteiger partial charge in [-0.25, -0.2) is 9.97 Å². The maximum absolute atomic E-state index is 10.7. The van der Waals surface area contributed by atoms with Crippen LogP contribution in [-0.2, 0) is 11.2 Å². The van der Waals surface area contributed by atoms with Crippen LogP contribution in [0.25, 0.3) is 0 Å². The van der Waals surface area contributed by atoms with Gasteiger partial charge >= 0.3 is 12.0 Å². The van der Waals surface area contributed by atoms with Crippen LogP contribution in [0.15, 0.2) is 12.4 Å². The lowest BCUT2D eigenvalue weighted by Gasteiger charge is -2.10. The van der Waals surface area contributed by atoms with Crippen LogP contribution in [0.5, 0.6) is 6.01 Å². The molecule has 2 N–H and O–H groups in total. The molecule has 2 rings (SSSR count). The summed E-state index contributed by atoms with van der Waals surface area (Å²) in [4.78, 5) is 18.9. The van der Waals surface area contributed by atoms with Gasteiger partial charge in [0.15, 0.2) is 0 Å². The van der Waals surface area contributed by atoms with Crippen molar-refractivity contribution in [3.8, 4) is 6.01 Å². The molecule has 1 aliphatic rings. The molecule has 17 heavy (non-hydrogen) atoms. The highest BCUT2D eigenvalue weighted by atomic mass is 16.5. The Morgan fingerprint density at radius 1 is 1.59 bits per heavy atom. The van der Waals surface area contributed by atoms with Crippen LogP contribution in [-0.4, -0.2) is 39.7 Å². The summed E-state index contributed by atoms with van der Waals surface area (Å²) >= 11 is 0. The van der Waals surface area contributed by atoms with Crippen molar-refractivity contribution in [1.82, 2.24) is 15.3 Å². The predicted octanol–water partition coefficient (Wildman–Crippen LogP) is 0.233. The van der Waals surface area contributed by atoms with Crippen molar-refractivity contribution in [3.63, 3.8) is 0 Å². The third kappa shape index (κ3) is 2.91. The maximum Gasteiger partial charge on any atom is 0.320 e. The minimum absolute atomic E-state index is 0.177. The number of hydrogen-bond donors (Lipinski definition) is 2. The molecule has 2 unspecified atom stereocenters. The lowest BCUT2D eigenvalue weighted by molar-refractivity contribution is -0.139. The van der Waals surface area contributed by atoms with Crippen LogP contribution in [0.2, 0.25) is 0 Å². The quantitative estimate of drug-likeness (QED) is 0.780. The Balaban J connectivity index is 1.91. The van der Waals surface area contributed by atoms with Crippen molar-refractivity contribution in [3.05, 3.63) is 18.0 Å². The van der Waals surface area contributed by atoms with Crippen LogP contribution in [0.1, 0.15) is 18.9 Å². The third-order valence-corrected chi connectivity index (χ3v) is 2.75. The van der Waals surface area contributed by atoms with E-state index in [2.05, 4.69) is 15.3 Å². The maximum atomic E-state index is 10.7. The van der Waals surface area contributed by atoms with Gasteiger partial charge in [-0.3, -0.25) is 4.79 Å². The van der Waals surface area contributed by atoms with Gasteiger partial charge in [-0.05, 0) is 12.0 Å². The number of carboxylic acid groups (broad SMARTS) is 1. The molecule has 1 aromatic rings. The zero-order valence-electron chi connectivity index (χ0n) is 9.59. The molecule has 2 atom stereocenters. The van der Waals surface area contributed by atoms with Crippen molar-refractivity contribution < 1.29 is 14.6 Å². The molecule has 6 nitrogen and oxygen atoms in total. The fourth-order valence-corrected chi connectivity index (χ4v) is 1.72. The molecule has 92 valence electrons. The van der Waals surface area contributed by atoms with E-state index in [9.17, 15) is 4.79 Å². The largest absolute Gasteiger partial charge is 0.480 e. The second-order valence-corrected chi connectivity index (χ2v) is 4.00. The Labute approximate surface area is 99.0 Å². The number of aryl methyl sites for hydroxylation is 1. The molecule has 1 saturated heterocycles. The molecule has 1 fully saturated rings. The van der Waals surface area contributed by atoms with Gasteiger partial charge in [0, 0.05) is 25.4 Å². The minimum Gasteiger partial charge on any atom is -0.480 e. The monoisotopic (exact) mass is 237 g/mol. The van der Waals surface area contributed by atoms with Crippen LogP contribution in [0.4, 0.5) is 0 Å². The summed E-state index contributed by atoms with van der Waals surface area (Å²) in [6.07, 6.45) is 4.59. The van der Waals surface area contributed by atoms with Gasteiger partial charge in [0.2, 0.25) is 0 Å². The highest BCUT2D eigenvalue weighted by Crippen LogP contribution is 2.13. The number of nitrogens with one attached hydrogen (secondary N) is 1. The van der Waals surface area contributed by atoms with Crippen molar-refractivity contribution in [1.29, 1.82) is 0 Å². The third-order valence-electron chi connectivity index (χ3n) is 2.75. The number of carbonyl (C=O) groups is 1. The normalized spacial score (nSPS) is 23.6. The Kier molecular flexibility index (Phi) is 3.53. The number of hydrogen-bond acceptors (Lipinski definition) is 5. The summed E-state index contributed by atoms with van der Waals surface area (Å²) in [5, 5.41) is 11.7. The van der Waals surface area contributed by atoms with Gasteiger partial charge in [-0.1, -0.05) is 6.92 Å². The lowest BCUT2D eigenvalue weighted by atomic mass is 10.2. The van der Waals surface area contributed by atoms with E-state index in [1.165, 1.54) is 0 Å². The second-order valence-electron chi connectivity index (χ2n) is 4.00. The molecule has 0 aliphatic carbocycles.